The van der Waals surface area contributed by atoms with Gasteiger partial charge in [-0.15, -0.1) is 0 Å². The number of nitrogens with one attached hydrogen (secondary N) is 2. The molecule has 1 aromatic carbocycles. The maximum Gasteiger partial charge on any atom is 0.305 e. The lowest BCUT2D eigenvalue weighted by Gasteiger charge is -2.35. The minimum absolute atomic E-state index is 0.00340. The quantitative estimate of drug-likeness (QED) is 0.596. The SMILES string of the molecule is COc1cc2cc(C(=O)N3C[C@@H](C)[C@@]4(C)C3=CC(=O)C3=C4C4=CC4(OC(C)=O)N3)[nH]c2c(OC)c1OC. The number of nitrogens with zero attached hydrogens (tertiary/aromatic N) is 1. The van der Waals surface area contributed by atoms with Crippen molar-refractivity contribution in [2.24, 2.45) is 11.3 Å². The van der Waals surface area contributed by atoms with Crippen molar-refractivity contribution in [1.82, 2.24) is 15.2 Å². The Bertz CT molecular complexity index is 1530. The number of hydrogen-bond donors (Lipinski definition) is 2. The Kier molecular flexibility index (Phi) is 4.64. The number of benzene rings is 1. The lowest BCUT2D eigenvalue weighted by atomic mass is 9.68. The predicted molar refractivity (Wildman–Crippen MR) is 132 cm³/mol. The third kappa shape index (κ3) is 2.89. The van der Waals surface area contributed by atoms with E-state index in [1.165, 1.54) is 34.3 Å². The molecule has 1 aromatic heterocycles. The van der Waals surface area contributed by atoms with E-state index in [0.29, 0.717) is 46.4 Å². The van der Waals surface area contributed by atoms with Gasteiger partial charge < -0.3 is 34.1 Å². The number of H-pyrrole nitrogens is 1. The first-order valence-electron chi connectivity index (χ1n) is 12.0. The fourth-order valence-corrected chi connectivity index (χ4v) is 6.06. The average Bonchev–Trinajstić information content (AvgIpc) is 3.14. The maximum atomic E-state index is 13.9. The van der Waals surface area contributed by atoms with Gasteiger partial charge in [0.05, 0.1) is 32.5 Å². The summed E-state index contributed by atoms with van der Waals surface area (Å²) in [6.45, 7) is 5.84. The number of esters is 1. The van der Waals surface area contributed by atoms with Crippen LogP contribution in [0.1, 0.15) is 31.3 Å². The van der Waals surface area contributed by atoms with Gasteiger partial charge in [-0.25, -0.2) is 0 Å². The number of amides is 1. The Morgan fingerprint density at radius 1 is 1.11 bits per heavy atom. The third-order valence-electron chi connectivity index (χ3n) is 7.99. The molecule has 2 aromatic rings. The number of aromatic nitrogens is 1. The Balaban J connectivity index is 1.39. The number of fused-ring (bicyclic) bond motifs is 5. The molecule has 192 valence electrons. The van der Waals surface area contributed by atoms with Crippen LogP contribution in [0.5, 0.6) is 17.2 Å². The first-order valence-corrected chi connectivity index (χ1v) is 12.0. The van der Waals surface area contributed by atoms with Crippen molar-refractivity contribution in [1.29, 1.82) is 0 Å². The van der Waals surface area contributed by atoms with Crippen LogP contribution in [-0.4, -0.2) is 61.1 Å². The van der Waals surface area contributed by atoms with Crippen LogP contribution >= 0.6 is 0 Å². The number of carbonyl (C=O) groups excluding carboxylic acids is 3. The van der Waals surface area contributed by atoms with E-state index in [4.69, 9.17) is 18.9 Å². The van der Waals surface area contributed by atoms with Gasteiger partial charge in [-0.05, 0) is 31.1 Å². The van der Waals surface area contributed by atoms with Crippen molar-refractivity contribution in [3.63, 3.8) is 0 Å². The van der Waals surface area contributed by atoms with Crippen LogP contribution < -0.4 is 19.5 Å². The minimum Gasteiger partial charge on any atom is -0.493 e. The number of hydrogen-bond acceptors (Lipinski definition) is 8. The van der Waals surface area contributed by atoms with Gasteiger partial charge in [-0.2, -0.15) is 0 Å². The molecule has 1 fully saturated rings. The molecule has 1 unspecified atom stereocenters. The van der Waals surface area contributed by atoms with Crippen LogP contribution in [0.25, 0.3) is 10.9 Å². The van der Waals surface area contributed by atoms with Gasteiger partial charge >= 0.3 is 5.97 Å². The highest BCUT2D eigenvalue weighted by atomic mass is 16.6. The zero-order valence-corrected chi connectivity index (χ0v) is 21.4. The lowest BCUT2D eigenvalue weighted by molar-refractivity contribution is -0.148. The van der Waals surface area contributed by atoms with Crippen LogP contribution in [0.3, 0.4) is 0 Å². The lowest BCUT2D eigenvalue weighted by Crippen LogP contribution is -2.38. The van der Waals surface area contributed by atoms with E-state index in [1.807, 2.05) is 13.0 Å². The van der Waals surface area contributed by atoms with Crippen LogP contribution in [0.2, 0.25) is 0 Å². The highest BCUT2D eigenvalue weighted by Crippen LogP contribution is 2.62. The van der Waals surface area contributed by atoms with Gasteiger partial charge in [0.1, 0.15) is 5.69 Å². The van der Waals surface area contributed by atoms with Gasteiger partial charge in [0.2, 0.25) is 17.3 Å². The molecule has 0 saturated carbocycles. The Labute approximate surface area is 212 Å². The molecule has 1 amide bonds. The molecule has 0 radical (unpaired) electrons. The van der Waals surface area contributed by atoms with E-state index in [9.17, 15) is 14.4 Å². The molecule has 1 saturated heterocycles. The van der Waals surface area contributed by atoms with Gasteiger partial charge in [0, 0.05) is 47.2 Å². The van der Waals surface area contributed by atoms with Crippen LogP contribution in [0, 0.1) is 11.3 Å². The molecule has 0 bridgehead atoms. The molecule has 3 heterocycles. The number of ether oxygens (including phenoxy) is 4. The number of dihydropyridines is 1. The second-order valence-electron chi connectivity index (χ2n) is 9.97. The largest absolute Gasteiger partial charge is 0.493 e. The van der Waals surface area contributed by atoms with E-state index in [0.717, 1.165) is 16.5 Å². The summed E-state index contributed by atoms with van der Waals surface area (Å²) in [4.78, 5) is 43.6. The monoisotopic (exact) mass is 505 g/mol. The predicted octanol–water partition coefficient (Wildman–Crippen LogP) is 2.82. The molecule has 2 N–H and O–H groups in total. The second-order valence-corrected chi connectivity index (χ2v) is 9.97. The molecule has 4 aliphatic rings. The van der Waals surface area contributed by atoms with E-state index in [2.05, 4.69) is 17.2 Å². The fraction of sp³-hybridized carbons (Fsp3) is 0.370. The minimum atomic E-state index is -1.05. The smallest absolute Gasteiger partial charge is 0.305 e. The standard InChI is InChI=1S/C27H27N3O7/c1-12-11-30(25(33)16-7-14-8-18(34-4)23(35-5)24(36-6)21(14)28-16)19-9-17(32)22-20(26(12,19)3)15-10-27(15,29-22)37-13(2)31/h7-10,12,28-29H,11H2,1-6H3/t12-,26+,27?/m1/s1. The van der Waals surface area contributed by atoms with Gasteiger partial charge in [0.25, 0.3) is 5.91 Å². The van der Waals surface area contributed by atoms with Gasteiger partial charge in [-0.3, -0.25) is 14.4 Å². The number of rotatable bonds is 5. The van der Waals surface area contributed by atoms with E-state index >= 15 is 0 Å². The summed E-state index contributed by atoms with van der Waals surface area (Å²) >= 11 is 0. The summed E-state index contributed by atoms with van der Waals surface area (Å²) in [5.41, 5.74) is 1.92. The van der Waals surface area contributed by atoms with Crippen LogP contribution in [0.4, 0.5) is 0 Å². The van der Waals surface area contributed by atoms with Gasteiger partial charge in [-0.1, -0.05) is 6.92 Å². The summed E-state index contributed by atoms with van der Waals surface area (Å²) in [6.07, 6.45) is 3.34. The topological polar surface area (TPSA) is 119 Å². The number of allylic oxidation sites excluding steroid dienone is 2. The van der Waals surface area contributed by atoms with Crippen molar-refractivity contribution in [2.45, 2.75) is 26.5 Å². The van der Waals surface area contributed by atoms with Crippen molar-refractivity contribution >= 4 is 28.6 Å². The molecule has 3 atom stereocenters. The Hall–Kier alpha value is -4.21. The number of aromatic amines is 1. The zero-order chi connectivity index (χ0) is 26.4. The van der Waals surface area contributed by atoms with Crippen LogP contribution in [-0.2, 0) is 14.3 Å². The van der Waals surface area contributed by atoms with Crippen LogP contribution in [0.15, 0.2) is 46.8 Å². The number of carbonyl (C=O) groups is 3. The molecule has 6 rings (SSSR count). The van der Waals surface area contributed by atoms with Crippen molar-refractivity contribution in [3.05, 3.63) is 52.5 Å². The summed E-state index contributed by atoms with van der Waals surface area (Å²) in [5, 5.41) is 3.84. The van der Waals surface area contributed by atoms with Gasteiger partial charge in [0.15, 0.2) is 11.5 Å². The number of ketones is 1. The maximum absolute atomic E-state index is 13.9. The summed E-state index contributed by atoms with van der Waals surface area (Å²) in [7, 11) is 4.58. The third-order valence-corrected chi connectivity index (χ3v) is 7.99. The van der Waals surface area contributed by atoms with Crippen molar-refractivity contribution in [2.75, 3.05) is 27.9 Å². The van der Waals surface area contributed by atoms with E-state index in [1.54, 1.807) is 17.0 Å². The molecule has 37 heavy (non-hydrogen) atoms. The van der Waals surface area contributed by atoms with Crippen molar-refractivity contribution < 1.29 is 33.3 Å². The molecule has 10 heteroatoms. The second kappa shape index (κ2) is 7.41. The summed E-state index contributed by atoms with van der Waals surface area (Å²) < 4.78 is 22.0. The zero-order valence-electron chi connectivity index (χ0n) is 21.4. The first kappa shape index (κ1) is 23.2. The summed E-state index contributed by atoms with van der Waals surface area (Å²) in [6, 6.07) is 3.52. The molecule has 2 aliphatic carbocycles. The number of methoxy groups -OCH3 is 3. The highest BCUT2D eigenvalue weighted by Gasteiger charge is 2.65. The Morgan fingerprint density at radius 3 is 2.49 bits per heavy atom. The molecular weight excluding hydrogens is 478 g/mol. The molecule has 0 spiro atoms. The average molecular weight is 506 g/mol. The Morgan fingerprint density at radius 2 is 1.84 bits per heavy atom. The van der Waals surface area contributed by atoms with Crippen molar-refractivity contribution in [3.8, 4) is 17.2 Å². The highest BCUT2D eigenvalue weighted by molar-refractivity contribution is 6.10. The molecule has 10 nitrogen and oxygen atoms in total. The fourth-order valence-electron chi connectivity index (χ4n) is 6.06. The first-order chi connectivity index (χ1) is 17.6. The molecular formula is C27H27N3O7. The molecule has 2 aliphatic heterocycles. The summed E-state index contributed by atoms with van der Waals surface area (Å²) in [5.74, 6) is 0.369. The van der Waals surface area contributed by atoms with E-state index in [-0.39, 0.29) is 17.6 Å². The normalized spacial score (nSPS) is 27.1. The van der Waals surface area contributed by atoms with E-state index < -0.39 is 17.1 Å². The number of likely N-dealkylation sites (tertiary alicyclic amines) is 1.